The van der Waals surface area contributed by atoms with Gasteiger partial charge in [-0.2, -0.15) is 5.10 Å². The van der Waals surface area contributed by atoms with Crippen LogP contribution in [0.2, 0.25) is 0 Å². The van der Waals surface area contributed by atoms with E-state index in [1.807, 2.05) is 0 Å². The summed E-state index contributed by atoms with van der Waals surface area (Å²) in [5, 5.41) is 17.8. The molecule has 0 unspecified atom stereocenters. The van der Waals surface area contributed by atoms with Gasteiger partial charge in [-0.25, -0.2) is 14.5 Å². The molecular formula is C15H18N6O3. The Hall–Kier alpha value is -2.97. The number of carbonyl (C=O) groups excluding carboxylic acids is 1. The van der Waals surface area contributed by atoms with Gasteiger partial charge < -0.3 is 10.2 Å². The average molecular weight is 330 g/mol. The van der Waals surface area contributed by atoms with Crippen LogP contribution in [0.5, 0.6) is 0 Å². The highest BCUT2D eigenvalue weighted by atomic mass is 16.6. The molecule has 1 saturated heterocycles. The highest BCUT2D eigenvalue weighted by molar-refractivity contribution is 5.89. The molecule has 1 fully saturated rings. The van der Waals surface area contributed by atoms with E-state index in [-0.39, 0.29) is 17.8 Å². The van der Waals surface area contributed by atoms with E-state index in [1.54, 1.807) is 35.0 Å². The van der Waals surface area contributed by atoms with Crippen molar-refractivity contribution in [1.82, 2.24) is 19.7 Å². The highest BCUT2D eigenvalue weighted by Crippen LogP contribution is 2.24. The monoisotopic (exact) mass is 330 g/mol. The maximum Gasteiger partial charge on any atom is 0.321 e. The first-order valence-corrected chi connectivity index (χ1v) is 7.69. The second kappa shape index (κ2) is 6.65. The lowest BCUT2D eigenvalue weighted by Gasteiger charge is -2.32. The SMILES string of the molecule is Cc1cc(NC(=O)N2CCC[C@@H](n3cncn3)C2)ccc1[N+](=O)[O-]. The van der Waals surface area contributed by atoms with Gasteiger partial charge in [0.1, 0.15) is 12.7 Å². The van der Waals surface area contributed by atoms with E-state index in [1.165, 1.54) is 12.4 Å². The van der Waals surface area contributed by atoms with Gasteiger partial charge in [-0.15, -0.1) is 0 Å². The lowest BCUT2D eigenvalue weighted by Crippen LogP contribution is -2.43. The van der Waals surface area contributed by atoms with Crippen LogP contribution in [0.1, 0.15) is 24.4 Å². The number of hydrogen-bond donors (Lipinski definition) is 1. The second-order valence-electron chi connectivity index (χ2n) is 5.81. The largest absolute Gasteiger partial charge is 0.322 e. The Balaban J connectivity index is 1.66. The van der Waals surface area contributed by atoms with Gasteiger partial charge in [0.25, 0.3) is 5.69 Å². The van der Waals surface area contributed by atoms with Crippen molar-refractivity contribution in [3.05, 3.63) is 46.5 Å². The lowest BCUT2D eigenvalue weighted by atomic mass is 10.1. The molecule has 9 nitrogen and oxygen atoms in total. The van der Waals surface area contributed by atoms with Gasteiger partial charge in [0.15, 0.2) is 0 Å². The summed E-state index contributed by atoms with van der Waals surface area (Å²) in [5.41, 5.74) is 1.10. The van der Waals surface area contributed by atoms with Crippen molar-refractivity contribution < 1.29 is 9.72 Å². The summed E-state index contributed by atoms with van der Waals surface area (Å²) < 4.78 is 1.77. The predicted molar refractivity (Wildman–Crippen MR) is 86.7 cm³/mol. The number of hydrogen-bond acceptors (Lipinski definition) is 5. The number of nitro benzene ring substituents is 1. The molecule has 126 valence electrons. The third-order valence-corrected chi connectivity index (χ3v) is 4.14. The van der Waals surface area contributed by atoms with E-state index in [9.17, 15) is 14.9 Å². The average Bonchev–Trinajstić information content (AvgIpc) is 3.09. The number of rotatable bonds is 3. The van der Waals surface area contributed by atoms with Crippen molar-refractivity contribution in [2.45, 2.75) is 25.8 Å². The Morgan fingerprint density at radius 1 is 1.46 bits per heavy atom. The predicted octanol–water partition coefficient (Wildman–Crippen LogP) is 2.36. The smallest absolute Gasteiger partial charge is 0.321 e. The summed E-state index contributed by atoms with van der Waals surface area (Å²) in [4.78, 5) is 28.5. The van der Waals surface area contributed by atoms with Crippen LogP contribution in [0.3, 0.4) is 0 Å². The Labute approximate surface area is 138 Å². The van der Waals surface area contributed by atoms with Crippen LogP contribution in [0.25, 0.3) is 0 Å². The Morgan fingerprint density at radius 3 is 2.96 bits per heavy atom. The fourth-order valence-corrected chi connectivity index (χ4v) is 2.90. The van der Waals surface area contributed by atoms with Crippen molar-refractivity contribution in [3.8, 4) is 0 Å². The number of carbonyl (C=O) groups is 1. The number of anilines is 1. The highest BCUT2D eigenvalue weighted by Gasteiger charge is 2.25. The van der Waals surface area contributed by atoms with E-state index in [0.29, 0.717) is 24.3 Å². The van der Waals surface area contributed by atoms with Gasteiger partial charge in [-0.3, -0.25) is 10.1 Å². The third kappa shape index (κ3) is 3.34. The number of aryl methyl sites for hydroxylation is 1. The summed E-state index contributed by atoms with van der Waals surface area (Å²) in [6.45, 7) is 2.87. The van der Waals surface area contributed by atoms with Crippen LogP contribution in [-0.2, 0) is 0 Å². The molecule has 9 heteroatoms. The van der Waals surface area contributed by atoms with Gasteiger partial charge in [-0.1, -0.05) is 0 Å². The van der Waals surface area contributed by atoms with E-state index in [0.717, 1.165) is 12.8 Å². The zero-order valence-electron chi connectivity index (χ0n) is 13.3. The fraction of sp³-hybridized carbons (Fsp3) is 0.400. The van der Waals surface area contributed by atoms with Gasteiger partial charge in [-0.05, 0) is 31.9 Å². The minimum absolute atomic E-state index is 0.0391. The van der Waals surface area contributed by atoms with Crippen molar-refractivity contribution in [3.63, 3.8) is 0 Å². The number of urea groups is 1. The van der Waals surface area contributed by atoms with Crippen molar-refractivity contribution in [1.29, 1.82) is 0 Å². The minimum Gasteiger partial charge on any atom is -0.322 e. The maximum absolute atomic E-state index is 12.4. The molecule has 0 aliphatic carbocycles. The lowest BCUT2D eigenvalue weighted by molar-refractivity contribution is -0.385. The summed E-state index contributed by atoms with van der Waals surface area (Å²) >= 11 is 0. The number of amides is 2. The van der Waals surface area contributed by atoms with Crippen LogP contribution in [0.15, 0.2) is 30.9 Å². The van der Waals surface area contributed by atoms with Crippen LogP contribution in [0, 0.1) is 17.0 Å². The molecule has 2 aromatic rings. The molecule has 24 heavy (non-hydrogen) atoms. The maximum atomic E-state index is 12.4. The molecular weight excluding hydrogens is 312 g/mol. The molecule has 2 amide bonds. The molecule has 3 rings (SSSR count). The molecule has 0 saturated carbocycles. The first-order valence-electron chi connectivity index (χ1n) is 7.69. The zero-order chi connectivity index (χ0) is 17.1. The van der Waals surface area contributed by atoms with Crippen LogP contribution < -0.4 is 5.32 Å². The number of aromatic nitrogens is 3. The van der Waals surface area contributed by atoms with Crippen LogP contribution in [0.4, 0.5) is 16.2 Å². The fourth-order valence-electron chi connectivity index (χ4n) is 2.90. The quantitative estimate of drug-likeness (QED) is 0.687. The standard InChI is InChI=1S/C15H18N6O3/c1-11-7-12(4-5-14(11)21(23)24)18-15(22)19-6-2-3-13(8-19)20-10-16-9-17-20/h4-5,7,9-10,13H,2-3,6,8H2,1H3,(H,18,22)/t13-/m1/s1. The Bertz CT molecular complexity index is 746. The molecule has 1 N–H and O–H groups in total. The van der Waals surface area contributed by atoms with Gasteiger partial charge in [0.05, 0.1) is 11.0 Å². The summed E-state index contributed by atoms with van der Waals surface area (Å²) in [6, 6.07) is 4.45. The summed E-state index contributed by atoms with van der Waals surface area (Å²) in [7, 11) is 0. The zero-order valence-corrected chi connectivity index (χ0v) is 13.3. The molecule has 1 atom stereocenters. The minimum atomic E-state index is -0.436. The number of benzene rings is 1. The molecule has 0 bridgehead atoms. The van der Waals surface area contributed by atoms with E-state index in [2.05, 4.69) is 15.4 Å². The number of nitro groups is 1. The van der Waals surface area contributed by atoms with E-state index < -0.39 is 4.92 Å². The molecule has 0 spiro atoms. The Kier molecular flexibility index (Phi) is 4.41. The second-order valence-corrected chi connectivity index (χ2v) is 5.81. The third-order valence-electron chi connectivity index (χ3n) is 4.14. The van der Waals surface area contributed by atoms with Crippen molar-refractivity contribution in [2.24, 2.45) is 0 Å². The Morgan fingerprint density at radius 2 is 2.29 bits per heavy atom. The van der Waals surface area contributed by atoms with Crippen LogP contribution in [-0.4, -0.2) is 43.7 Å². The van der Waals surface area contributed by atoms with Gasteiger partial charge >= 0.3 is 6.03 Å². The first kappa shape index (κ1) is 15.9. The van der Waals surface area contributed by atoms with E-state index >= 15 is 0 Å². The molecule has 1 aromatic heterocycles. The molecule has 1 aliphatic rings. The van der Waals surface area contributed by atoms with Crippen molar-refractivity contribution >= 4 is 17.4 Å². The van der Waals surface area contributed by atoms with Crippen molar-refractivity contribution in [2.75, 3.05) is 18.4 Å². The van der Waals surface area contributed by atoms with Gasteiger partial charge in [0, 0.05) is 30.4 Å². The topological polar surface area (TPSA) is 106 Å². The first-order chi connectivity index (χ1) is 11.5. The van der Waals surface area contributed by atoms with E-state index in [4.69, 9.17) is 0 Å². The molecule has 1 aromatic carbocycles. The number of nitrogens with one attached hydrogen (secondary N) is 1. The molecule has 2 heterocycles. The summed E-state index contributed by atoms with van der Waals surface area (Å²) in [5.74, 6) is 0. The van der Waals surface area contributed by atoms with Crippen LogP contribution >= 0.6 is 0 Å². The molecule has 0 radical (unpaired) electrons. The number of nitrogens with zero attached hydrogens (tertiary/aromatic N) is 5. The molecule has 1 aliphatic heterocycles. The number of piperidine rings is 1. The normalized spacial score (nSPS) is 17.5. The number of likely N-dealkylation sites (tertiary alicyclic amines) is 1. The van der Waals surface area contributed by atoms with Gasteiger partial charge in [0.2, 0.25) is 0 Å². The summed E-state index contributed by atoms with van der Waals surface area (Å²) in [6.07, 6.45) is 4.98.